The second-order valence-electron chi connectivity index (χ2n) is 4.55. The van der Waals surface area contributed by atoms with Crippen molar-refractivity contribution in [1.82, 2.24) is 4.90 Å². The minimum absolute atomic E-state index is 0.0414. The highest BCUT2D eigenvalue weighted by molar-refractivity contribution is 5.72. The van der Waals surface area contributed by atoms with Crippen LogP contribution in [0.3, 0.4) is 0 Å². The number of cyclic esters (lactones) is 1. The van der Waals surface area contributed by atoms with Crippen molar-refractivity contribution < 1.29 is 24.5 Å². The van der Waals surface area contributed by atoms with Crippen molar-refractivity contribution in [3.8, 4) is 0 Å². The zero-order valence-corrected chi connectivity index (χ0v) is 9.69. The Balaban J connectivity index is 2.66. The summed E-state index contributed by atoms with van der Waals surface area (Å²) in [5, 5.41) is 18.6. The van der Waals surface area contributed by atoms with E-state index in [1.807, 2.05) is 0 Å². The first-order chi connectivity index (χ1) is 7.18. The van der Waals surface area contributed by atoms with E-state index in [1.54, 1.807) is 13.8 Å². The third-order valence-electron chi connectivity index (χ3n) is 3.00. The number of nitrogens with zero attached hydrogens (tertiary/aromatic N) is 1. The summed E-state index contributed by atoms with van der Waals surface area (Å²) in [6, 6.07) is 0. The molecule has 16 heavy (non-hydrogen) atoms. The monoisotopic (exact) mass is 231 g/mol. The maximum Gasteiger partial charge on any atom is 0.412 e. The molecule has 0 aliphatic carbocycles. The van der Waals surface area contributed by atoms with Gasteiger partial charge in [0.2, 0.25) is 0 Å². The normalized spacial score (nSPS) is 28.0. The third kappa shape index (κ3) is 2.11. The van der Waals surface area contributed by atoms with Crippen LogP contribution >= 0.6 is 0 Å². The third-order valence-corrected chi connectivity index (χ3v) is 3.00. The van der Waals surface area contributed by atoms with Crippen LogP contribution in [-0.2, 0) is 9.53 Å². The van der Waals surface area contributed by atoms with Crippen LogP contribution in [0.1, 0.15) is 33.6 Å². The Hall–Kier alpha value is -1.30. The molecule has 1 atom stereocenters. The molecule has 1 heterocycles. The van der Waals surface area contributed by atoms with Gasteiger partial charge in [-0.05, 0) is 27.2 Å². The maximum absolute atomic E-state index is 11.5. The van der Waals surface area contributed by atoms with Crippen LogP contribution in [0.5, 0.6) is 0 Å². The zero-order valence-electron chi connectivity index (χ0n) is 9.69. The van der Waals surface area contributed by atoms with Crippen molar-refractivity contribution >= 4 is 12.1 Å². The first-order valence-corrected chi connectivity index (χ1v) is 5.13. The van der Waals surface area contributed by atoms with Gasteiger partial charge in [0.25, 0.3) is 0 Å². The van der Waals surface area contributed by atoms with Gasteiger partial charge in [-0.2, -0.15) is 0 Å². The Bertz CT molecular complexity index is 310. The summed E-state index contributed by atoms with van der Waals surface area (Å²) in [6.45, 7) is 4.88. The van der Waals surface area contributed by atoms with E-state index in [1.165, 1.54) is 6.92 Å². The quantitative estimate of drug-likeness (QED) is 0.747. The second kappa shape index (κ2) is 3.93. The van der Waals surface area contributed by atoms with E-state index in [-0.39, 0.29) is 19.4 Å². The van der Waals surface area contributed by atoms with Crippen molar-refractivity contribution in [3.63, 3.8) is 0 Å². The number of carboxylic acid groups (broad SMARTS) is 1. The molecule has 0 spiro atoms. The van der Waals surface area contributed by atoms with Gasteiger partial charge in [0.15, 0.2) is 11.3 Å². The largest absolute Gasteiger partial charge is 0.481 e. The van der Waals surface area contributed by atoms with Crippen LogP contribution < -0.4 is 0 Å². The molecule has 92 valence electrons. The lowest BCUT2D eigenvalue weighted by molar-refractivity contribution is -0.138. The molecule has 0 unspecified atom stereocenters. The molecule has 0 saturated carbocycles. The average Bonchev–Trinajstić information content (AvgIpc) is 2.23. The van der Waals surface area contributed by atoms with Crippen molar-refractivity contribution in [2.75, 3.05) is 6.54 Å². The number of hydrogen-bond donors (Lipinski definition) is 2. The summed E-state index contributed by atoms with van der Waals surface area (Å²) >= 11 is 0. The van der Waals surface area contributed by atoms with Crippen LogP contribution in [-0.4, -0.2) is 45.0 Å². The number of carbonyl (C=O) groups is 2. The van der Waals surface area contributed by atoms with Crippen molar-refractivity contribution in [2.45, 2.75) is 44.9 Å². The molecular weight excluding hydrogens is 214 g/mol. The lowest BCUT2D eigenvalue weighted by Gasteiger charge is -2.34. The van der Waals surface area contributed by atoms with E-state index >= 15 is 0 Å². The summed E-state index contributed by atoms with van der Waals surface area (Å²) in [7, 11) is 0. The van der Waals surface area contributed by atoms with Crippen molar-refractivity contribution in [3.05, 3.63) is 0 Å². The van der Waals surface area contributed by atoms with Gasteiger partial charge in [-0.25, -0.2) is 4.79 Å². The molecule has 0 aromatic rings. The topological polar surface area (TPSA) is 87.1 Å². The molecule has 0 bridgehead atoms. The van der Waals surface area contributed by atoms with Gasteiger partial charge < -0.3 is 14.9 Å². The molecule has 1 aliphatic heterocycles. The van der Waals surface area contributed by atoms with Crippen molar-refractivity contribution in [1.29, 1.82) is 0 Å². The summed E-state index contributed by atoms with van der Waals surface area (Å²) < 4.78 is 5.02. The molecule has 0 radical (unpaired) electrons. The molecular formula is C10H17NO5. The minimum Gasteiger partial charge on any atom is -0.481 e. The first kappa shape index (κ1) is 12.8. The summed E-state index contributed by atoms with van der Waals surface area (Å²) in [6.07, 6.45) is -0.364. The molecule has 6 nitrogen and oxygen atoms in total. The highest BCUT2D eigenvalue weighted by atomic mass is 16.6. The highest BCUT2D eigenvalue weighted by Crippen LogP contribution is 2.36. The van der Waals surface area contributed by atoms with Crippen LogP contribution in [0.4, 0.5) is 4.79 Å². The zero-order chi connectivity index (χ0) is 12.6. The number of hydrogen-bond acceptors (Lipinski definition) is 4. The van der Waals surface area contributed by atoms with Gasteiger partial charge in [0, 0.05) is 13.0 Å². The Morgan fingerprint density at radius 2 is 2.00 bits per heavy atom. The van der Waals surface area contributed by atoms with E-state index < -0.39 is 23.4 Å². The van der Waals surface area contributed by atoms with Crippen molar-refractivity contribution in [2.24, 2.45) is 0 Å². The number of amides is 1. The summed E-state index contributed by atoms with van der Waals surface area (Å²) in [5.41, 5.74) is -2.41. The molecule has 1 aliphatic rings. The van der Waals surface area contributed by atoms with E-state index in [0.29, 0.717) is 0 Å². The van der Waals surface area contributed by atoms with Crippen LogP contribution in [0, 0.1) is 0 Å². The van der Waals surface area contributed by atoms with Gasteiger partial charge in [-0.1, -0.05) is 0 Å². The van der Waals surface area contributed by atoms with Crippen LogP contribution in [0.2, 0.25) is 0 Å². The molecule has 1 rings (SSSR count). The minimum atomic E-state index is -1.41. The molecule has 6 heteroatoms. The summed E-state index contributed by atoms with van der Waals surface area (Å²) in [4.78, 5) is 23.0. The number of carboxylic acids is 1. The van der Waals surface area contributed by atoms with E-state index in [4.69, 9.17) is 9.84 Å². The fraction of sp³-hybridized carbons (Fsp3) is 0.800. The SMILES string of the molecule is CC1(C)OC(=O)N(CCCC(=O)O)[C@@]1(C)O. The molecule has 0 aromatic heterocycles. The Kier molecular flexibility index (Phi) is 3.14. The molecule has 1 amide bonds. The smallest absolute Gasteiger partial charge is 0.412 e. The lowest BCUT2D eigenvalue weighted by Crippen LogP contribution is -2.53. The van der Waals surface area contributed by atoms with Crippen LogP contribution in [0.25, 0.3) is 0 Å². The first-order valence-electron chi connectivity index (χ1n) is 5.13. The Morgan fingerprint density at radius 3 is 2.38 bits per heavy atom. The summed E-state index contributed by atoms with van der Waals surface area (Å²) in [5.74, 6) is -0.925. The standard InChI is InChI=1S/C10H17NO5/c1-9(2)10(3,15)11(8(14)16-9)6-4-5-7(12)13/h15H,4-6H2,1-3H3,(H,12,13)/t10-/m0/s1. The van der Waals surface area contributed by atoms with Gasteiger partial charge in [-0.3, -0.25) is 9.69 Å². The molecule has 2 N–H and O–H groups in total. The van der Waals surface area contributed by atoms with E-state index in [2.05, 4.69) is 0 Å². The molecule has 1 saturated heterocycles. The number of carbonyl (C=O) groups excluding carboxylic acids is 1. The number of aliphatic carboxylic acids is 1. The second-order valence-corrected chi connectivity index (χ2v) is 4.55. The predicted octanol–water partition coefficient (Wildman–Crippen LogP) is 0.790. The Labute approximate surface area is 93.8 Å². The highest BCUT2D eigenvalue weighted by Gasteiger charge is 2.56. The fourth-order valence-electron chi connectivity index (χ4n) is 1.57. The molecule has 1 fully saturated rings. The van der Waals surface area contributed by atoms with Gasteiger partial charge in [0.1, 0.15) is 0 Å². The van der Waals surface area contributed by atoms with Crippen LogP contribution in [0.15, 0.2) is 0 Å². The molecule has 0 aromatic carbocycles. The average molecular weight is 231 g/mol. The number of rotatable bonds is 4. The van der Waals surface area contributed by atoms with E-state index in [0.717, 1.165) is 4.90 Å². The lowest BCUT2D eigenvalue weighted by atomic mass is 9.96. The van der Waals surface area contributed by atoms with Gasteiger partial charge in [0.05, 0.1) is 0 Å². The van der Waals surface area contributed by atoms with Gasteiger partial charge in [-0.15, -0.1) is 0 Å². The number of aliphatic hydroxyl groups is 1. The maximum atomic E-state index is 11.5. The van der Waals surface area contributed by atoms with Gasteiger partial charge >= 0.3 is 12.1 Å². The fourth-order valence-corrected chi connectivity index (χ4v) is 1.57. The van der Waals surface area contributed by atoms with E-state index in [9.17, 15) is 14.7 Å². The number of ether oxygens (including phenoxy) is 1. The predicted molar refractivity (Wildman–Crippen MR) is 54.8 cm³/mol. The Morgan fingerprint density at radius 1 is 1.44 bits per heavy atom.